The van der Waals surface area contributed by atoms with Crippen LogP contribution in [0.5, 0.6) is 0 Å². The van der Waals surface area contributed by atoms with E-state index in [1.165, 1.54) is 12.1 Å². The molecule has 0 radical (unpaired) electrons. The average Bonchev–Trinajstić information content (AvgIpc) is 2.40. The minimum atomic E-state index is -3.33. The maximum Gasteiger partial charge on any atom is 0.254 e. The largest absolute Gasteiger partial charge is 0.338 e. The third-order valence-electron chi connectivity index (χ3n) is 4.47. The number of benzene rings is 1. The number of nitrogens with two attached hydrogens (primary N) is 1. The number of aryl methyl sites for hydroxylation is 1. The molecule has 0 spiro atoms. The number of nitrogens with zero attached hydrogens (tertiary/aromatic N) is 1. The summed E-state index contributed by atoms with van der Waals surface area (Å²) in [6, 6.07) is 4.77. The molecule has 2 N–H and O–H groups in total. The monoisotopic (exact) mass is 324 g/mol. The van der Waals surface area contributed by atoms with Crippen LogP contribution in [0.15, 0.2) is 23.1 Å². The molecular formula is C16H24N2O3S. The summed E-state index contributed by atoms with van der Waals surface area (Å²) in [5.74, 6) is -0.122. The van der Waals surface area contributed by atoms with E-state index in [0.29, 0.717) is 18.7 Å². The molecule has 1 atom stereocenters. The molecule has 1 aromatic rings. The van der Waals surface area contributed by atoms with Crippen LogP contribution in [-0.2, 0) is 9.84 Å². The SMILES string of the molecule is Cc1ccc(S(C)(=O)=O)cc1C(=O)N1CCC(N)C(C)(C)C1. The lowest BCUT2D eigenvalue weighted by Crippen LogP contribution is -2.54. The number of sulfone groups is 1. The van der Waals surface area contributed by atoms with Gasteiger partial charge in [0.25, 0.3) is 5.91 Å². The second kappa shape index (κ2) is 5.66. The predicted molar refractivity (Wildman–Crippen MR) is 86.6 cm³/mol. The number of likely N-dealkylation sites (tertiary alicyclic amines) is 1. The van der Waals surface area contributed by atoms with Crippen LogP contribution in [0, 0.1) is 12.3 Å². The zero-order valence-corrected chi connectivity index (χ0v) is 14.4. The zero-order valence-electron chi connectivity index (χ0n) is 13.6. The summed E-state index contributed by atoms with van der Waals surface area (Å²) in [5, 5.41) is 0. The summed E-state index contributed by atoms with van der Waals surface area (Å²) in [5.41, 5.74) is 7.20. The molecule has 22 heavy (non-hydrogen) atoms. The van der Waals surface area contributed by atoms with Gasteiger partial charge in [-0.05, 0) is 36.5 Å². The molecule has 5 nitrogen and oxygen atoms in total. The second-order valence-corrected chi connectivity index (χ2v) is 8.88. The van der Waals surface area contributed by atoms with Gasteiger partial charge in [0.1, 0.15) is 0 Å². The minimum absolute atomic E-state index is 0.0694. The van der Waals surface area contributed by atoms with E-state index in [-0.39, 0.29) is 22.3 Å². The van der Waals surface area contributed by atoms with Gasteiger partial charge in [-0.25, -0.2) is 8.42 Å². The smallest absolute Gasteiger partial charge is 0.254 e. The molecule has 1 saturated heterocycles. The van der Waals surface area contributed by atoms with Crippen LogP contribution in [0.25, 0.3) is 0 Å². The van der Waals surface area contributed by atoms with Crippen molar-refractivity contribution in [1.29, 1.82) is 0 Å². The van der Waals surface area contributed by atoms with Crippen molar-refractivity contribution in [1.82, 2.24) is 4.90 Å². The number of piperidine rings is 1. The molecule has 2 rings (SSSR count). The van der Waals surface area contributed by atoms with E-state index in [2.05, 4.69) is 13.8 Å². The van der Waals surface area contributed by atoms with Crippen molar-refractivity contribution in [3.8, 4) is 0 Å². The molecule has 1 aromatic carbocycles. The van der Waals surface area contributed by atoms with Crippen LogP contribution in [-0.4, -0.2) is 44.6 Å². The Labute approximate surface area is 132 Å². The Balaban J connectivity index is 2.34. The van der Waals surface area contributed by atoms with Crippen molar-refractivity contribution in [3.05, 3.63) is 29.3 Å². The molecule has 1 heterocycles. The Morgan fingerprint density at radius 3 is 2.55 bits per heavy atom. The van der Waals surface area contributed by atoms with Gasteiger partial charge in [-0.15, -0.1) is 0 Å². The van der Waals surface area contributed by atoms with Gasteiger partial charge >= 0.3 is 0 Å². The van der Waals surface area contributed by atoms with Gasteiger partial charge in [-0.2, -0.15) is 0 Å². The van der Waals surface area contributed by atoms with Crippen molar-refractivity contribution >= 4 is 15.7 Å². The molecule has 1 fully saturated rings. The van der Waals surface area contributed by atoms with Gasteiger partial charge in [-0.3, -0.25) is 4.79 Å². The Bertz CT molecular complexity index is 695. The maximum absolute atomic E-state index is 12.8. The van der Waals surface area contributed by atoms with E-state index >= 15 is 0 Å². The van der Waals surface area contributed by atoms with Crippen LogP contribution < -0.4 is 5.73 Å². The average molecular weight is 324 g/mol. The quantitative estimate of drug-likeness (QED) is 0.896. The van der Waals surface area contributed by atoms with Crippen LogP contribution in [0.2, 0.25) is 0 Å². The molecule has 0 aliphatic carbocycles. The number of hydrogen-bond donors (Lipinski definition) is 1. The van der Waals surface area contributed by atoms with Crippen molar-refractivity contribution < 1.29 is 13.2 Å². The molecule has 1 amide bonds. The molecule has 1 aliphatic rings. The van der Waals surface area contributed by atoms with Crippen molar-refractivity contribution in [3.63, 3.8) is 0 Å². The first-order valence-electron chi connectivity index (χ1n) is 7.38. The molecule has 0 aromatic heterocycles. The first kappa shape index (κ1) is 17.0. The third-order valence-corrected chi connectivity index (χ3v) is 5.58. The van der Waals surface area contributed by atoms with Crippen LogP contribution in [0.1, 0.15) is 36.2 Å². The topological polar surface area (TPSA) is 80.5 Å². The van der Waals surface area contributed by atoms with Crippen molar-refractivity contribution in [2.45, 2.75) is 38.1 Å². The summed E-state index contributed by atoms with van der Waals surface area (Å²) in [7, 11) is -3.33. The fourth-order valence-electron chi connectivity index (χ4n) is 2.78. The van der Waals surface area contributed by atoms with Gasteiger partial charge in [0.2, 0.25) is 0 Å². The number of carbonyl (C=O) groups excluding carboxylic acids is 1. The molecule has 122 valence electrons. The molecule has 1 aliphatic heterocycles. The van der Waals surface area contributed by atoms with Gasteiger partial charge in [-0.1, -0.05) is 19.9 Å². The van der Waals surface area contributed by atoms with Crippen LogP contribution in [0.3, 0.4) is 0 Å². The van der Waals surface area contributed by atoms with E-state index in [9.17, 15) is 13.2 Å². The lowest BCUT2D eigenvalue weighted by atomic mass is 9.79. The van der Waals surface area contributed by atoms with Crippen molar-refractivity contribution in [2.75, 3.05) is 19.3 Å². The molecule has 0 saturated carbocycles. The number of carbonyl (C=O) groups is 1. The number of hydrogen-bond acceptors (Lipinski definition) is 4. The second-order valence-electron chi connectivity index (χ2n) is 6.86. The van der Waals surface area contributed by atoms with Gasteiger partial charge in [0.05, 0.1) is 4.90 Å². The first-order valence-corrected chi connectivity index (χ1v) is 9.27. The summed E-state index contributed by atoms with van der Waals surface area (Å²) in [6.07, 6.45) is 1.90. The maximum atomic E-state index is 12.8. The number of amides is 1. The minimum Gasteiger partial charge on any atom is -0.338 e. The Morgan fingerprint density at radius 1 is 1.36 bits per heavy atom. The van der Waals surface area contributed by atoms with E-state index in [0.717, 1.165) is 18.2 Å². The van der Waals surface area contributed by atoms with Crippen molar-refractivity contribution in [2.24, 2.45) is 11.1 Å². The van der Waals surface area contributed by atoms with Gasteiger partial charge < -0.3 is 10.6 Å². The fourth-order valence-corrected chi connectivity index (χ4v) is 3.43. The molecule has 1 unspecified atom stereocenters. The summed E-state index contributed by atoms with van der Waals surface area (Å²) >= 11 is 0. The fraction of sp³-hybridized carbons (Fsp3) is 0.562. The summed E-state index contributed by atoms with van der Waals surface area (Å²) in [6.45, 7) is 7.11. The van der Waals surface area contributed by atoms with E-state index in [4.69, 9.17) is 5.73 Å². The lowest BCUT2D eigenvalue weighted by Gasteiger charge is -2.42. The summed E-state index contributed by atoms with van der Waals surface area (Å²) < 4.78 is 23.4. The van der Waals surface area contributed by atoms with Crippen LogP contribution in [0.4, 0.5) is 0 Å². The van der Waals surface area contributed by atoms with Gasteiger partial charge in [0.15, 0.2) is 9.84 Å². The highest BCUT2D eigenvalue weighted by molar-refractivity contribution is 7.90. The first-order chi connectivity index (χ1) is 10.0. The Hall–Kier alpha value is -1.40. The van der Waals surface area contributed by atoms with E-state index < -0.39 is 9.84 Å². The number of rotatable bonds is 2. The molecule has 6 heteroatoms. The summed E-state index contributed by atoms with van der Waals surface area (Å²) in [4.78, 5) is 14.7. The lowest BCUT2D eigenvalue weighted by molar-refractivity contribution is 0.0532. The standard InChI is InChI=1S/C16H24N2O3S/c1-11-5-6-12(22(4,20)21)9-13(11)15(19)18-8-7-14(17)16(2,3)10-18/h5-6,9,14H,7-8,10,17H2,1-4H3. The third kappa shape index (κ3) is 3.33. The van der Waals surface area contributed by atoms with Crippen LogP contribution >= 0.6 is 0 Å². The highest BCUT2D eigenvalue weighted by Crippen LogP contribution is 2.29. The normalized spacial score (nSPS) is 21.7. The highest BCUT2D eigenvalue weighted by atomic mass is 32.2. The zero-order chi connectivity index (χ0) is 16.7. The molecular weight excluding hydrogens is 300 g/mol. The van der Waals surface area contributed by atoms with E-state index in [1.807, 2.05) is 6.92 Å². The Morgan fingerprint density at radius 2 is 2.00 bits per heavy atom. The highest BCUT2D eigenvalue weighted by Gasteiger charge is 2.36. The Kier molecular flexibility index (Phi) is 4.37. The predicted octanol–water partition coefficient (Wildman–Crippen LogP) is 1.60. The van der Waals surface area contributed by atoms with E-state index in [1.54, 1.807) is 11.0 Å². The molecule has 0 bridgehead atoms. The van der Waals surface area contributed by atoms with Gasteiger partial charge in [0, 0.05) is 31.0 Å².